The third-order valence-corrected chi connectivity index (χ3v) is 4.72. The second-order valence-corrected chi connectivity index (χ2v) is 6.63. The largest absolute Gasteiger partial charge is 0.492 e. The average Bonchev–Trinajstić information content (AvgIpc) is 2.44. The van der Waals surface area contributed by atoms with E-state index in [1.165, 1.54) is 51.0 Å². The maximum Gasteiger partial charge on any atom is 0.123 e. The van der Waals surface area contributed by atoms with Crippen molar-refractivity contribution in [2.75, 3.05) is 39.3 Å². The van der Waals surface area contributed by atoms with Crippen LogP contribution in [0.25, 0.3) is 0 Å². The van der Waals surface area contributed by atoms with Gasteiger partial charge in [-0.25, -0.2) is 0 Å². The smallest absolute Gasteiger partial charge is 0.123 e. The van der Waals surface area contributed by atoms with Gasteiger partial charge >= 0.3 is 0 Å². The topological polar surface area (TPSA) is 15.7 Å². The second kappa shape index (κ2) is 7.28. The lowest BCUT2D eigenvalue weighted by atomic mass is 10.0. The number of hydrogen-bond donors (Lipinski definition) is 0. The molecule has 21 heavy (non-hydrogen) atoms. The van der Waals surface area contributed by atoms with Gasteiger partial charge in [-0.3, -0.25) is 9.80 Å². The van der Waals surface area contributed by atoms with Crippen molar-refractivity contribution in [3.8, 4) is 5.75 Å². The summed E-state index contributed by atoms with van der Waals surface area (Å²) in [6.07, 6.45) is 4.07. The van der Waals surface area contributed by atoms with E-state index < -0.39 is 0 Å². The van der Waals surface area contributed by atoms with Gasteiger partial charge in [0.15, 0.2) is 0 Å². The fourth-order valence-electron chi connectivity index (χ4n) is 3.33. The Bertz CT molecular complexity index is 445. The molecule has 116 valence electrons. The zero-order chi connectivity index (χ0) is 14.5. The van der Waals surface area contributed by atoms with E-state index in [0.29, 0.717) is 0 Å². The Morgan fingerprint density at radius 3 is 2.67 bits per heavy atom. The van der Waals surface area contributed by atoms with Crippen LogP contribution in [0.15, 0.2) is 24.3 Å². The Labute approximate surface area is 128 Å². The fraction of sp³-hybridized carbons (Fsp3) is 0.667. The normalized spacial score (nSPS) is 23.8. The summed E-state index contributed by atoms with van der Waals surface area (Å²) in [6, 6.07) is 8.52. The molecule has 3 heteroatoms. The minimum Gasteiger partial charge on any atom is -0.492 e. The molecule has 0 saturated carbocycles. The van der Waals surface area contributed by atoms with Crippen LogP contribution < -0.4 is 4.74 Å². The van der Waals surface area contributed by atoms with Crippen molar-refractivity contribution in [1.29, 1.82) is 0 Å². The van der Waals surface area contributed by atoms with Gasteiger partial charge < -0.3 is 4.74 Å². The molecule has 2 aliphatic heterocycles. The number of likely N-dealkylation sites (tertiary alicyclic amines) is 2. The highest BCUT2D eigenvalue weighted by atomic mass is 16.5. The predicted molar refractivity (Wildman–Crippen MR) is 86.7 cm³/mol. The number of hydrogen-bond acceptors (Lipinski definition) is 3. The molecule has 2 aliphatic rings. The predicted octanol–water partition coefficient (Wildman–Crippen LogP) is 3.00. The van der Waals surface area contributed by atoms with Gasteiger partial charge in [-0.2, -0.15) is 0 Å². The molecule has 0 aliphatic carbocycles. The maximum atomic E-state index is 6.08. The zero-order valence-electron chi connectivity index (χ0n) is 13.3. The fourth-order valence-corrected chi connectivity index (χ4v) is 3.33. The molecule has 0 unspecified atom stereocenters. The summed E-state index contributed by atoms with van der Waals surface area (Å²) in [5.41, 5.74) is 1.34. The van der Waals surface area contributed by atoms with E-state index in [2.05, 4.69) is 41.0 Å². The van der Waals surface area contributed by atoms with Crippen molar-refractivity contribution in [3.63, 3.8) is 0 Å². The number of benzene rings is 1. The Morgan fingerprint density at radius 2 is 1.90 bits per heavy atom. The van der Waals surface area contributed by atoms with E-state index in [0.717, 1.165) is 31.4 Å². The average molecular weight is 288 g/mol. The van der Waals surface area contributed by atoms with Crippen LogP contribution in [-0.4, -0.2) is 49.1 Å². The van der Waals surface area contributed by atoms with E-state index in [4.69, 9.17) is 4.74 Å². The highest BCUT2D eigenvalue weighted by Gasteiger charge is 2.17. The zero-order valence-corrected chi connectivity index (χ0v) is 13.3. The first-order chi connectivity index (χ1) is 10.3. The molecule has 0 N–H and O–H groups in total. The first-order valence-electron chi connectivity index (χ1n) is 8.46. The van der Waals surface area contributed by atoms with Crippen LogP contribution in [0.4, 0.5) is 0 Å². The van der Waals surface area contributed by atoms with Crippen LogP contribution in [0, 0.1) is 5.92 Å². The van der Waals surface area contributed by atoms with Crippen molar-refractivity contribution in [2.45, 2.75) is 32.7 Å². The lowest BCUT2D eigenvalue weighted by Crippen LogP contribution is -2.37. The van der Waals surface area contributed by atoms with Gasteiger partial charge in [0.2, 0.25) is 0 Å². The standard InChI is InChI=1S/C18H28N2O/c1-16-6-4-9-20(14-16)12-13-21-18-8-3-2-7-17(18)15-19-10-5-11-19/h2-3,7-8,16H,4-6,9-15H2,1H3/t16-/m0/s1. The number of ether oxygens (including phenoxy) is 1. The molecular weight excluding hydrogens is 260 g/mol. The van der Waals surface area contributed by atoms with Crippen LogP contribution in [-0.2, 0) is 6.54 Å². The van der Waals surface area contributed by atoms with Crippen LogP contribution in [0.5, 0.6) is 5.75 Å². The number of para-hydroxylation sites is 1. The van der Waals surface area contributed by atoms with Crippen LogP contribution in [0.1, 0.15) is 31.7 Å². The Hall–Kier alpha value is -1.06. The number of rotatable bonds is 6. The summed E-state index contributed by atoms with van der Waals surface area (Å²) in [5, 5.41) is 0. The molecular formula is C18H28N2O. The van der Waals surface area contributed by atoms with E-state index in [9.17, 15) is 0 Å². The molecule has 3 rings (SSSR count). The van der Waals surface area contributed by atoms with Gasteiger partial charge in [0, 0.05) is 25.2 Å². The summed E-state index contributed by atoms with van der Waals surface area (Å²) >= 11 is 0. The van der Waals surface area contributed by atoms with E-state index in [1.54, 1.807) is 0 Å². The molecule has 0 amide bonds. The molecule has 0 spiro atoms. The first kappa shape index (κ1) is 14.9. The van der Waals surface area contributed by atoms with Crippen molar-refractivity contribution >= 4 is 0 Å². The van der Waals surface area contributed by atoms with Gasteiger partial charge in [0.1, 0.15) is 12.4 Å². The molecule has 1 aromatic rings. The lowest BCUT2D eigenvalue weighted by molar-refractivity contribution is 0.149. The molecule has 2 saturated heterocycles. The highest BCUT2D eigenvalue weighted by molar-refractivity contribution is 5.33. The third kappa shape index (κ3) is 4.21. The minimum atomic E-state index is 0.809. The summed E-state index contributed by atoms with van der Waals surface area (Å²) in [4.78, 5) is 5.03. The molecule has 3 nitrogen and oxygen atoms in total. The van der Waals surface area contributed by atoms with E-state index >= 15 is 0 Å². The van der Waals surface area contributed by atoms with Gasteiger partial charge in [-0.1, -0.05) is 25.1 Å². The summed E-state index contributed by atoms with van der Waals surface area (Å²) < 4.78 is 6.08. The van der Waals surface area contributed by atoms with E-state index in [1.807, 2.05) is 0 Å². The minimum absolute atomic E-state index is 0.809. The van der Waals surface area contributed by atoms with E-state index in [-0.39, 0.29) is 0 Å². The molecule has 0 radical (unpaired) electrons. The Kier molecular flexibility index (Phi) is 5.15. The highest BCUT2D eigenvalue weighted by Crippen LogP contribution is 2.22. The van der Waals surface area contributed by atoms with Gasteiger partial charge in [0.25, 0.3) is 0 Å². The third-order valence-electron chi connectivity index (χ3n) is 4.72. The van der Waals surface area contributed by atoms with Crippen LogP contribution >= 0.6 is 0 Å². The lowest BCUT2D eigenvalue weighted by Gasteiger charge is -2.32. The van der Waals surface area contributed by atoms with Gasteiger partial charge in [-0.15, -0.1) is 0 Å². The molecule has 1 atom stereocenters. The Balaban J connectivity index is 1.48. The van der Waals surface area contributed by atoms with Crippen LogP contribution in [0.3, 0.4) is 0 Å². The Morgan fingerprint density at radius 1 is 1.10 bits per heavy atom. The van der Waals surface area contributed by atoms with Crippen LogP contribution in [0.2, 0.25) is 0 Å². The summed E-state index contributed by atoms with van der Waals surface area (Å²) in [5.74, 6) is 1.92. The molecule has 2 fully saturated rings. The van der Waals surface area contributed by atoms with Crippen molar-refractivity contribution < 1.29 is 4.74 Å². The monoisotopic (exact) mass is 288 g/mol. The summed E-state index contributed by atoms with van der Waals surface area (Å²) in [7, 11) is 0. The molecule has 0 bridgehead atoms. The second-order valence-electron chi connectivity index (χ2n) is 6.63. The summed E-state index contributed by atoms with van der Waals surface area (Å²) in [6.45, 7) is 10.2. The van der Waals surface area contributed by atoms with Gasteiger partial charge in [-0.05, 0) is 50.9 Å². The quantitative estimate of drug-likeness (QED) is 0.800. The van der Waals surface area contributed by atoms with Crippen molar-refractivity contribution in [1.82, 2.24) is 9.80 Å². The molecule has 0 aromatic heterocycles. The van der Waals surface area contributed by atoms with Crippen molar-refractivity contribution in [2.24, 2.45) is 5.92 Å². The first-order valence-corrected chi connectivity index (χ1v) is 8.46. The number of nitrogens with zero attached hydrogens (tertiary/aromatic N) is 2. The molecule has 2 heterocycles. The SMILES string of the molecule is C[C@H]1CCCN(CCOc2ccccc2CN2CCC2)C1. The molecule has 1 aromatic carbocycles. The number of piperidine rings is 1. The maximum absolute atomic E-state index is 6.08. The van der Waals surface area contributed by atoms with Gasteiger partial charge in [0.05, 0.1) is 0 Å². The van der Waals surface area contributed by atoms with Crippen molar-refractivity contribution in [3.05, 3.63) is 29.8 Å².